The third-order valence-electron chi connectivity index (χ3n) is 8.25. The van der Waals surface area contributed by atoms with Gasteiger partial charge in [0.25, 0.3) is 0 Å². The summed E-state index contributed by atoms with van der Waals surface area (Å²) in [6, 6.07) is 6.68. The van der Waals surface area contributed by atoms with Crippen LogP contribution in [-0.2, 0) is 18.8 Å². The number of carbonyl (C=O) groups is 1. The van der Waals surface area contributed by atoms with Crippen molar-refractivity contribution in [1.82, 2.24) is 24.6 Å². The number of carbonyl (C=O) groups excluding carboxylic acids is 1. The Balaban J connectivity index is 0.000000841. The third kappa shape index (κ3) is 12.6. The van der Waals surface area contributed by atoms with Crippen molar-refractivity contribution in [3.8, 4) is 5.75 Å². The standard InChI is InChI=1S/C29H40ClN8O5P.2C3H8.CH4O/c1-3-23(28(39)42-20-6-4-5-7-20)36-44(43-21-12-8-18(30)9-13-21)40-15-22-14-17(2)27(41-22)37-16-33-24-25(37)34-29(31)35-26(24)38(32)19-10-11-19;2*1-3-2;1-2/h8-9,12-13,16-17,19-20,22-23,27,36H,3-7,10-11,14-15,32H2,1-2H3,(H2,31,34,35);2*3H2,1-2H3;2H,1H3/t17?,22?,23?,27-,44?;;;/m1.../s1. The molecule has 5 atom stereocenters. The zero-order valence-corrected chi connectivity index (χ0v) is 33.5. The van der Waals surface area contributed by atoms with Gasteiger partial charge in [0, 0.05) is 24.1 Å². The van der Waals surface area contributed by atoms with Crippen molar-refractivity contribution < 1.29 is 28.4 Å². The van der Waals surface area contributed by atoms with Gasteiger partial charge in [0.05, 0.1) is 19.0 Å². The normalized spacial score (nSPS) is 20.8. The molecule has 14 nitrogen and oxygen atoms in total. The van der Waals surface area contributed by atoms with Crippen molar-refractivity contribution in [1.29, 1.82) is 0 Å². The Hall–Kier alpha value is -2.84. The van der Waals surface area contributed by atoms with Gasteiger partial charge < -0.3 is 29.4 Å². The van der Waals surface area contributed by atoms with E-state index < -0.39 is 14.6 Å². The number of imidazole rings is 1. The van der Waals surface area contributed by atoms with Gasteiger partial charge in [-0.05, 0) is 75.6 Å². The minimum absolute atomic E-state index is 0.0226. The minimum atomic E-state index is -1.73. The van der Waals surface area contributed by atoms with Gasteiger partial charge in [-0.2, -0.15) is 9.97 Å². The van der Waals surface area contributed by atoms with Crippen LogP contribution in [-0.4, -0.2) is 68.6 Å². The summed E-state index contributed by atoms with van der Waals surface area (Å²) < 4.78 is 26.6. The monoisotopic (exact) mass is 766 g/mol. The van der Waals surface area contributed by atoms with Crippen LogP contribution in [0.2, 0.25) is 5.02 Å². The van der Waals surface area contributed by atoms with E-state index in [9.17, 15) is 4.79 Å². The van der Waals surface area contributed by atoms with E-state index in [2.05, 4.69) is 54.7 Å². The molecule has 0 amide bonds. The Kier molecular flexibility index (Phi) is 18.8. The second-order valence-corrected chi connectivity index (χ2v) is 14.8. The molecular weight excluding hydrogens is 707 g/mol. The van der Waals surface area contributed by atoms with Gasteiger partial charge in [-0.15, -0.1) is 0 Å². The predicted molar refractivity (Wildman–Crippen MR) is 208 cm³/mol. The number of nitrogens with two attached hydrogens (primary N) is 2. The average molecular weight is 767 g/mol. The van der Waals surface area contributed by atoms with Crippen LogP contribution in [0.25, 0.3) is 11.2 Å². The van der Waals surface area contributed by atoms with Crippen LogP contribution in [0.4, 0.5) is 11.8 Å². The van der Waals surface area contributed by atoms with E-state index in [4.69, 9.17) is 46.8 Å². The van der Waals surface area contributed by atoms with Crippen molar-refractivity contribution in [2.45, 2.75) is 136 Å². The molecule has 1 aromatic carbocycles. The van der Waals surface area contributed by atoms with Gasteiger partial charge in [-0.25, -0.2) is 15.9 Å². The van der Waals surface area contributed by atoms with E-state index in [0.29, 0.717) is 34.2 Å². The van der Waals surface area contributed by atoms with Gasteiger partial charge in [-0.3, -0.25) is 14.4 Å². The summed E-state index contributed by atoms with van der Waals surface area (Å²) in [6.45, 7) is 12.8. The second kappa shape index (κ2) is 22.4. The molecule has 2 saturated carbocycles. The number of nitrogens with one attached hydrogen (secondary N) is 1. The summed E-state index contributed by atoms with van der Waals surface area (Å²) in [7, 11) is -0.726. The molecule has 1 saturated heterocycles. The average Bonchev–Trinajstić information content (AvgIpc) is 3.50. The molecule has 3 aromatic rings. The maximum atomic E-state index is 13.0. The molecule has 0 bridgehead atoms. The lowest BCUT2D eigenvalue weighted by molar-refractivity contribution is -0.150. The predicted octanol–water partition coefficient (Wildman–Crippen LogP) is 7.45. The Morgan fingerprint density at radius 3 is 2.33 bits per heavy atom. The maximum Gasteiger partial charge on any atom is 0.323 e. The highest BCUT2D eigenvalue weighted by atomic mass is 35.5. The Bertz CT molecular complexity index is 1480. The summed E-state index contributed by atoms with van der Waals surface area (Å²) in [6.07, 6.45) is 10.8. The lowest BCUT2D eigenvalue weighted by Gasteiger charge is -2.25. The largest absolute Gasteiger partial charge is 0.461 e. The smallest absolute Gasteiger partial charge is 0.323 e. The number of benzene rings is 1. The number of hydrazine groups is 1. The number of halogens is 1. The number of hydrogen-bond acceptors (Lipinski definition) is 13. The molecule has 2 aromatic heterocycles. The van der Waals surface area contributed by atoms with Gasteiger partial charge in [0.1, 0.15) is 24.1 Å². The van der Waals surface area contributed by atoms with E-state index in [-0.39, 0.29) is 48.9 Å². The van der Waals surface area contributed by atoms with Crippen LogP contribution in [0.1, 0.15) is 112 Å². The van der Waals surface area contributed by atoms with Gasteiger partial charge >= 0.3 is 14.5 Å². The van der Waals surface area contributed by atoms with E-state index in [1.165, 1.54) is 12.8 Å². The first kappa shape index (κ1) is 43.6. The molecule has 3 heterocycles. The molecule has 4 unspecified atom stereocenters. The number of aliphatic hydroxyl groups is 1. The van der Waals surface area contributed by atoms with Gasteiger partial charge in [0.15, 0.2) is 17.0 Å². The van der Waals surface area contributed by atoms with Crippen LogP contribution in [0.15, 0.2) is 30.6 Å². The Morgan fingerprint density at radius 1 is 1.10 bits per heavy atom. The molecule has 292 valence electrons. The highest BCUT2D eigenvalue weighted by Crippen LogP contribution is 2.41. The van der Waals surface area contributed by atoms with Crippen molar-refractivity contribution in [2.24, 2.45) is 11.8 Å². The fourth-order valence-corrected chi connectivity index (χ4v) is 7.16. The molecule has 6 N–H and O–H groups in total. The van der Waals surface area contributed by atoms with E-state index in [0.717, 1.165) is 52.1 Å². The first-order valence-corrected chi connectivity index (χ1v) is 20.1. The summed E-state index contributed by atoms with van der Waals surface area (Å²) in [4.78, 5) is 26.4. The topological polar surface area (TPSA) is 185 Å². The number of rotatable bonds is 13. The highest BCUT2D eigenvalue weighted by Gasteiger charge is 2.37. The molecular formula is C36H60ClN8O6P. The summed E-state index contributed by atoms with van der Waals surface area (Å²) >= 11 is 6.08. The second-order valence-electron chi connectivity index (χ2n) is 13.2. The van der Waals surface area contributed by atoms with Crippen molar-refractivity contribution in [2.75, 3.05) is 24.5 Å². The van der Waals surface area contributed by atoms with Crippen LogP contribution in [0.3, 0.4) is 0 Å². The summed E-state index contributed by atoms with van der Waals surface area (Å²) in [5.74, 6) is 7.38. The number of ether oxygens (including phenoxy) is 2. The van der Waals surface area contributed by atoms with E-state index in [1.54, 1.807) is 35.6 Å². The fraction of sp³-hybridized carbons (Fsp3) is 0.667. The molecule has 3 aliphatic rings. The SMILES string of the molecule is CCC.CCC.CCC(NP(OCC1CC(C)[C@H](n2cnc3c(N(N)C4CC4)nc(N)nc32)O1)Oc1ccc(Cl)cc1)C(=O)OC1CCCC1.CO. The number of anilines is 2. The van der Waals surface area contributed by atoms with Crippen LogP contribution in [0.5, 0.6) is 5.75 Å². The lowest BCUT2D eigenvalue weighted by atomic mass is 10.1. The zero-order chi connectivity index (χ0) is 38.2. The summed E-state index contributed by atoms with van der Waals surface area (Å²) in [5.41, 5.74) is 7.24. The van der Waals surface area contributed by atoms with Gasteiger partial charge in [0.2, 0.25) is 5.95 Å². The third-order valence-corrected chi connectivity index (χ3v) is 9.79. The number of nitrogen functional groups attached to an aromatic ring is 1. The van der Waals surface area contributed by atoms with Crippen molar-refractivity contribution >= 4 is 49.0 Å². The number of hydrogen-bond donors (Lipinski definition) is 4. The first-order valence-electron chi connectivity index (χ1n) is 18.6. The number of esters is 1. The quantitative estimate of drug-likeness (QED) is 0.0583. The number of aliphatic hydroxyl groups excluding tert-OH is 1. The maximum absolute atomic E-state index is 13.0. The van der Waals surface area contributed by atoms with Crippen molar-refractivity contribution in [3.05, 3.63) is 35.6 Å². The molecule has 1 aliphatic heterocycles. The minimum Gasteiger partial charge on any atom is -0.461 e. The van der Waals surface area contributed by atoms with E-state index >= 15 is 0 Å². The molecule has 3 fully saturated rings. The zero-order valence-electron chi connectivity index (χ0n) is 31.8. The van der Waals surface area contributed by atoms with E-state index in [1.807, 2.05) is 11.5 Å². The highest BCUT2D eigenvalue weighted by molar-refractivity contribution is 7.45. The van der Waals surface area contributed by atoms with Crippen LogP contribution < -0.4 is 26.2 Å². The molecule has 0 radical (unpaired) electrons. The fourth-order valence-electron chi connectivity index (χ4n) is 5.70. The van der Waals surface area contributed by atoms with Crippen LogP contribution in [0, 0.1) is 5.92 Å². The van der Waals surface area contributed by atoms with Gasteiger partial charge in [-0.1, -0.05) is 66.0 Å². The summed E-state index contributed by atoms with van der Waals surface area (Å²) in [5, 5.41) is 12.5. The molecule has 6 rings (SSSR count). The molecule has 2 aliphatic carbocycles. The lowest BCUT2D eigenvalue weighted by Crippen LogP contribution is -2.37. The number of aromatic nitrogens is 4. The first-order chi connectivity index (χ1) is 25.1. The Labute approximate surface area is 315 Å². The van der Waals surface area contributed by atoms with Crippen LogP contribution >= 0.6 is 20.1 Å². The number of nitrogens with zero attached hydrogens (tertiary/aromatic N) is 5. The molecule has 16 heteroatoms. The molecule has 0 spiro atoms. The Morgan fingerprint density at radius 2 is 1.73 bits per heavy atom. The number of fused-ring (bicyclic) bond motifs is 1. The molecule has 52 heavy (non-hydrogen) atoms. The van der Waals surface area contributed by atoms with Crippen molar-refractivity contribution in [3.63, 3.8) is 0 Å².